The summed E-state index contributed by atoms with van der Waals surface area (Å²) >= 11 is 0. The summed E-state index contributed by atoms with van der Waals surface area (Å²) < 4.78 is 95.3. The zero-order chi connectivity index (χ0) is 33.8. The summed E-state index contributed by atoms with van der Waals surface area (Å²) in [5, 5.41) is 11.5. The van der Waals surface area contributed by atoms with Gasteiger partial charge in [0.25, 0.3) is 5.91 Å². The first-order valence-corrected chi connectivity index (χ1v) is 13.7. The lowest BCUT2D eigenvalue weighted by Crippen LogP contribution is -2.34. The third-order valence-corrected chi connectivity index (χ3v) is 6.43. The molecule has 0 saturated carbocycles. The number of aromatic nitrogens is 3. The molecule has 0 aliphatic heterocycles. The first-order chi connectivity index (χ1) is 22.2. The fourth-order valence-electron chi connectivity index (χ4n) is 4.32. The zero-order valence-corrected chi connectivity index (χ0v) is 23.9. The van der Waals surface area contributed by atoms with Gasteiger partial charge in [-0.3, -0.25) is 9.59 Å². The van der Waals surface area contributed by atoms with Crippen molar-refractivity contribution < 1.29 is 45.1 Å². The van der Waals surface area contributed by atoms with E-state index in [-0.39, 0.29) is 24.0 Å². The highest BCUT2D eigenvalue weighted by atomic mass is 19.4. The molecule has 47 heavy (non-hydrogen) atoms. The third-order valence-electron chi connectivity index (χ3n) is 6.43. The van der Waals surface area contributed by atoms with E-state index in [0.717, 1.165) is 23.3 Å². The van der Waals surface area contributed by atoms with Gasteiger partial charge in [-0.15, -0.1) is 5.10 Å². The van der Waals surface area contributed by atoms with Gasteiger partial charge in [-0.05, 0) is 59.7 Å². The lowest BCUT2D eigenvalue weighted by Gasteiger charge is -2.15. The van der Waals surface area contributed by atoms with Gasteiger partial charge in [-0.25, -0.2) is 8.91 Å². The number of fused-ring (bicyclic) bond motifs is 1. The molecular weight excluding hydrogens is 637 g/mol. The number of hydrogen-bond acceptors (Lipinski definition) is 6. The van der Waals surface area contributed by atoms with Gasteiger partial charge in [0.2, 0.25) is 11.9 Å². The van der Waals surface area contributed by atoms with Gasteiger partial charge in [0, 0.05) is 29.2 Å². The van der Waals surface area contributed by atoms with Gasteiger partial charge < -0.3 is 20.7 Å². The average Bonchev–Trinajstić information content (AvgIpc) is 3.41. The van der Waals surface area contributed by atoms with Crippen molar-refractivity contribution in [3.63, 3.8) is 0 Å². The SMILES string of the molecule is O=C(Cc1ccc(F)cc1)Nc1ccc(-c2ccc3nc(Nc4ccc(C(=O)NCC(F)(F)F)c(OCC(F)(F)F)c4)nn3c2)cc1. The highest BCUT2D eigenvalue weighted by molar-refractivity contribution is 5.97. The number of carbonyl (C=O) groups is 2. The molecule has 0 saturated heterocycles. The summed E-state index contributed by atoms with van der Waals surface area (Å²) in [6.45, 7) is -3.47. The predicted octanol–water partition coefficient (Wildman–Crippen LogP) is 6.69. The summed E-state index contributed by atoms with van der Waals surface area (Å²) in [5.41, 5.74) is 2.69. The van der Waals surface area contributed by atoms with Gasteiger partial charge >= 0.3 is 12.4 Å². The van der Waals surface area contributed by atoms with E-state index in [1.807, 2.05) is 0 Å². The first-order valence-electron chi connectivity index (χ1n) is 13.7. The van der Waals surface area contributed by atoms with Crippen molar-refractivity contribution in [2.24, 2.45) is 0 Å². The number of halogens is 7. The van der Waals surface area contributed by atoms with Gasteiger partial charge in [0.05, 0.1) is 12.0 Å². The van der Waals surface area contributed by atoms with E-state index in [1.54, 1.807) is 47.9 Å². The average molecular weight is 661 g/mol. The molecular formula is C31H23F7N6O3. The number of anilines is 3. The van der Waals surface area contributed by atoms with Crippen molar-refractivity contribution in [3.8, 4) is 16.9 Å². The van der Waals surface area contributed by atoms with Crippen molar-refractivity contribution in [1.82, 2.24) is 19.9 Å². The summed E-state index contributed by atoms with van der Waals surface area (Å²) in [5.74, 6) is -2.51. The minimum Gasteiger partial charge on any atom is -0.483 e. The lowest BCUT2D eigenvalue weighted by molar-refractivity contribution is -0.153. The largest absolute Gasteiger partial charge is 0.483 e. The second kappa shape index (κ2) is 13.4. The molecule has 244 valence electrons. The number of carbonyl (C=O) groups excluding carboxylic acids is 2. The molecule has 9 nitrogen and oxygen atoms in total. The Morgan fingerprint density at radius 2 is 1.49 bits per heavy atom. The van der Waals surface area contributed by atoms with Gasteiger partial charge in [-0.1, -0.05) is 24.3 Å². The monoisotopic (exact) mass is 660 g/mol. The fraction of sp³-hybridized carbons (Fsp3) is 0.161. The van der Waals surface area contributed by atoms with Crippen molar-refractivity contribution >= 4 is 34.8 Å². The quantitative estimate of drug-likeness (QED) is 0.144. The van der Waals surface area contributed by atoms with Crippen molar-refractivity contribution in [3.05, 3.63) is 102 Å². The van der Waals surface area contributed by atoms with Crippen LogP contribution in [0.25, 0.3) is 16.8 Å². The van der Waals surface area contributed by atoms with Crippen LogP contribution in [0.3, 0.4) is 0 Å². The summed E-state index contributed by atoms with van der Waals surface area (Å²) in [6.07, 6.45) is -7.76. The Morgan fingerprint density at radius 1 is 0.809 bits per heavy atom. The number of rotatable bonds is 10. The standard InChI is InChI=1S/C31H23F7N6O3/c32-21-6-1-18(2-7-21)13-27(45)40-22-8-3-19(4-9-22)20-5-12-26-42-29(43-44(26)15-20)41-23-10-11-24(28(46)39-16-30(33,34)35)25(14-23)47-17-31(36,37)38/h1-12,14-15H,13,16-17H2,(H,39,46)(H,40,45)(H,41,43). The van der Waals surface area contributed by atoms with Gasteiger partial charge in [-0.2, -0.15) is 31.3 Å². The second-order valence-electron chi connectivity index (χ2n) is 10.1. The summed E-state index contributed by atoms with van der Waals surface area (Å²) in [6, 6.07) is 19.3. The van der Waals surface area contributed by atoms with Crippen LogP contribution in [-0.2, 0) is 11.2 Å². The normalized spacial score (nSPS) is 11.7. The van der Waals surface area contributed by atoms with Crippen LogP contribution < -0.4 is 20.7 Å². The van der Waals surface area contributed by atoms with Crippen LogP contribution in [0.5, 0.6) is 5.75 Å². The number of ether oxygens (including phenoxy) is 1. The molecule has 2 heterocycles. The maximum absolute atomic E-state index is 13.1. The van der Waals surface area contributed by atoms with E-state index in [9.17, 15) is 40.3 Å². The minimum atomic E-state index is -4.77. The van der Waals surface area contributed by atoms with Crippen LogP contribution in [0.4, 0.5) is 48.1 Å². The van der Waals surface area contributed by atoms with Crippen LogP contribution in [0, 0.1) is 5.82 Å². The molecule has 0 atom stereocenters. The summed E-state index contributed by atoms with van der Waals surface area (Å²) in [4.78, 5) is 28.9. The number of pyridine rings is 1. The second-order valence-corrected chi connectivity index (χ2v) is 10.1. The minimum absolute atomic E-state index is 0.0254. The molecule has 3 N–H and O–H groups in total. The lowest BCUT2D eigenvalue weighted by atomic mass is 10.1. The predicted molar refractivity (Wildman–Crippen MR) is 157 cm³/mol. The van der Waals surface area contributed by atoms with Crippen molar-refractivity contribution in [2.45, 2.75) is 18.8 Å². The van der Waals surface area contributed by atoms with Crippen LogP contribution in [-0.4, -0.2) is 51.9 Å². The number of nitrogens with one attached hydrogen (secondary N) is 3. The molecule has 0 radical (unpaired) electrons. The number of benzene rings is 3. The zero-order valence-electron chi connectivity index (χ0n) is 23.9. The Morgan fingerprint density at radius 3 is 2.17 bits per heavy atom. The number of alkyl halides is 6. The molecule has 3 aromatic carbocycles. The molecule has 2 amide bonds. The first kappa shape index (κ1) is 32.7. The highest BCUT2D eigenvalue weighted by Gasteiger charge is 2.31. The Labute approximate surface area is 261 Å². The Kier molecular flexibility index (Phi) is 9.30. The van der Waals surface area contributed by atoms with Crippen molar-refractivity contribution in [1.29, 1.82) is 0 Å². The molecule has 16 heteroatoms. The molecule has 2 aromatic heterocycles. The van der Waals surface area contributed by atoms with Crippen LogP contribution in [0.15, 0.2) is 85.1 Å². The summed E-state index contributed by atoms with van der Waals surface area (Å²) in [7, 11) is 0. The van der Waals surface area contributed by atoms with E-state index < -0.39 is 48.5 Å². The van der Waals surface area contributed by atoms with E-state index in [0.29, 0.717) is 16.9 Å². The molecule has 0 fully saturated rings. The Hall–Kier alpha value is -5.67. The third kappa shape index (κ3) is 9.18. The number of hydrogen-bond donors (Lipinski definition) is 3. The van der Waals surface area contributed by atoms with E-state index in [2.05, 4.69) is 20.7 Å². The fourth-order valence-corrected chi connectivity index (χ4v) is 4.32. The molecule has 0 bridgehead atoms. The van der Waals surface area contributed by atoms with E-state index >= 15 is 0 Å². The van der Waals surface area contributed by atoms with Crippen LogP contribution in [0.2, 0.25) is 0 Å². The maximum Gasteiger partial charge on any atom is 0.422 e. The molecule has 0 aliphatic carbocycles. The Balaban J connectivity index is 1.28. The molecule has 5 aromatic rings. The van der Waals surface area contributed by atoms with Crippen LogP contribution >= 0.6 is 0 Å². The van der Waals surface area contributed by atoms with Gasteiger partial charge in [0.1, 0.15) is 18.1 Å². The smallest absolute Gasteiger partial charge is 0.422 e. The topological polar surface area (TPSA) is 110 Å². The molecule has 0 aliphatic rings. The molecule has 0 spiro atoms. The van der Waals surface area contributed by atoms with E-state index in [1.165, 1.54) is 34.8 Å². The Bertz CT molecular complexity index is 1890. The van der Waals surface area contributed by atoms with E-state index in [4.69, 9.17) is 4.74 Å². The van der Waals surface area contributed by atoms with Crippen molar-refractivity contribution in [2.75, 3.05) is 23.8 Å². The molecule has 0 unspecified atom stereocenters. The maximum atomic E-state index is 13.1. The molecule has 5 rings (SSSR count). The highest BCUT2D eigenvalue weighted by Crippen LogP contribution is 2.28. The number of nitrogens with zero attached hydrogens (tertiary/aromatic N) is 3. The van der Waals surface area contributed by atoms with Crippen LogP contribution in [0.1, 0.15) is 15.9 Å². The van der Waals surface area contributed by atoms with Gasteiger partial charge in [0.15, 0.2) is 12.3 Å². The number of amides is 2.